The van der Waals surface area contributed by atoms with Gasteiger partial charge >= 0.3 is 0 Å². The second kappa shape index (κ2) is 10.4. The van der Waals surface area contributed by atoms with Crippen molar-refractivity contribution in [3.05, 3.63) is 33.8 Å². The first kappa shape index (κ1) is 18.7. The first-order valence-corrected chi connectivity index (χ1v) is 7.37. The summed E-state index contributed by atoms with van der Waals surface area (Å²) in [6, 6.07) is 4.52. The van der Waals surface area contributed by atoms with Gasteiger partial charge in [0.25, 0.3) is 5.91 Å². The molecule has 0 atom stereocenters. The normalized spacial score (nSPS) is 10.3. The largest absolute Gasteiger partial charge is 0.382 e. The number of amides is 2. The summed E-state index contributed by atoms with van der Waals surface area (Å²) in [7, 11) is 1.58. The molecule has 0 aliphatic rings. The molecule has 0 saturated heterocycles. The zero-order valence-electron chi connectivity index (χ0n) is 12.2. The van der Waals surface area contributed by atoms with E-state index in [9.17, 15) is 9.59 Å². The number of hydrogen-bond acceptors (Lipinski definition) is 4. The van der Waals surface area contributed by atoms with Crippen molar-refractivity contribution in [2.24, 2.45) is 0 Å². The molecule has 0 bridgehead atoms. The van der Waals surface area contributed by atoms with E-state index in [0.29, 0.717) is 31.4 Å². The Kier molecular flexibility index (Phi) is 8.84. The van der Waals surface area contributed by atoms with Crippen molar-refractivity contribution in [1.82, 2.24) is 10.6 Å². The highest BCUT2D eigenvalue weighted by Crippen LogP contribution is 2.20. The number of rotatable bonds is 9. The predicted molar refractivity (Wildman–Crippen MR) is 84.5 cm³/mol. The Morgan fingerprint density at radius 2 is 1.91 bits per heavy atom. The van der Waals surface area contributed by atoms with E-state index in [2.05, 4.69) is 10.6 Å². The van der Waals surface area contributed by atoms with Crippen LogP contribution in [0.3, 0.4) is 0 Å². The number of carbonyl (C=O) groups excluding carboxylic acids is 2. The molecular formula is C14H18Cl2N2O4. The molecule has 6 nitrogen and oxygen atoms in total. The molecule has 1 aromatic carbocycles. The van der Waals surface area contributed by atoms with Gasteiger partial charge in [0.2, 0.25) is 5.91 Å². The van der Waals surface area contributed by atoms with Gasteiger partial charge in [-0.05, 0) is 18.2 Å². The molecule has 22 heavy (non-hydrogen) atoms. The molecule has 0 aliphatic carbocycles. The Morgan fingerprint density at radius 1 is 1.14 bits per heavy atom. The fourth-order valence-corrected chi connectivity index (χ4v) is 1.99. The maximum absolute atomic E-state index is 11.9. The third-order valence-corrected chi connectivity index (χ3v) is 3.13. The van der Waals surface area contributed by atoms with Crippen LogP contribution in [0.25, 0.3) is 0 Å². The van der Waals surface area contributed by atoms with Crippen molar-refractivity contribution in [3.8, 4) is 0 Å². The average molecular weight is 349 g/mol. The van der Waals surface area contributed by atoms with Gasteiger partial charge in [-0.25, -0.2) is 0 Å². The fraction of sp³-hybridized carbons (Fsp3) is 0.429. The fourth-order valence-electron chi connectivity index (χ4n) is 1.50. The molecule has 0 spiro atoms. The van der Waals surface area contributed by atoms with Crippen molar-refractivity contribution in [1.29, 1.82) is 0 Å². The number of ether oxygens (including phenoxy) is 2. The van der Waals surface area contributed by atoms with E-state index in [-0.39, 0.29) is 23.0 Å². The minimum atomic E-state index is -0.437. The lowest BCUT2D eigenvalue weighted by atomic mass is 10.2. The van der Waals surface area contributed by atoms with E-state index >= 15 is 0 Å². The van der Waals surface area contributed by atoms with E-state index < -0.39 is 5.91 Å². The Bertz CT molecular complexity index is 512. The smallest absolute Gasteiger partial charge is 0.253 e. The van der Waals surface area contributed by atoms with E-state index in [0.717, 1.165) is 0 Å². The van der Waals surface area contributed by atoms with Crippen molar-refractivity contribution < 1.29 is 19.1 Å². The molecule has 1 aromatic rings. The van der Waals surface area contributed by atoms with E-state index in [4.69, 9.17) is 32.7 Å². The Hall–Kier alpha value is -1.34. The Labute approximate surface area is 139 Å². The van der Waals surface area contributed by atoms with Gasteiger partial charge in [-0.3, -0.25) is 9.59 Å². The van der Waals surface area contributed by atoms with E-state index in [1.807, 2.05) is 0 Å². The van der Waals surface area contributed by atoms with Crippen LogP contribution >= 0.6 is 23.2 Å². The van der Waals surface area contributed by atoms with Gasteiger partial charge in [-0.2, -0.15) is 0 Å². The van der Waals surface area contributed by atoms with Gasteiger partial charge in [0.05, 0.1) is 37.0 Å². The van der Waals surface area contributed by atoms with Gasteiger partial charge in [-0.1, -0.05) is 23.2 Å². The van der Waals surface area contributed by atoms with Crippen molar-refractivity contribution in [2.45, 2.75) is 0 Å². The number of hydrogen-bond donors (Lipinski definition) is 2. The molecule has 0 radical (unpaired) electrons. The molecule has 1 rings (SSSR count). The minimum Gasteiger partial charge on any atom is -0.382 e. The van der Waals surface area contributed by atoms with Crippen LogP contribution in [0.15, 0.2) is 18.2 Å². The topological polar surface area (TPSA) is 76.7 Å². The van der Waals surface area contributed by atoms with Gasteiger partial charge in [-0.15, -0.1) is 0 Å². The maximum atomic E-state index is 11.9. The lowest BCUT2D eigenvalue weighted by molar-refractivity contribution is -0.120. The first-order chi connectivity index (χ1) is 10.5. The molecule has 8 heteroatoms. The standard InChI is InChI=1S/C14H18Cl2N2O4/c1-21-6-7-22-5-4-17-13(19)9-18-14(20)11-3-2-10(15)8-12(11)16/h2-3,8H,4-7,9H2,1H3,(H,17,19)(H,18,20). The second-order valence-electron chi connectivity index (χ2n) is 4.26. The zero-order chi connectivity index (χ0) is 16.4. The summed E-state index contributed by atoms with van der Waals surface area (Å²) in [5.41, 5.74) is 0.266. The number of halogens is 2. The Balaban J connectivity index is 2.24. The predicted octanol–water partition coefficient (Wildman–Crippen LogP) is 1.50. The van der Waals surface area contributed by atoms with Crippen molar-refractivity contribution in [2.75, 3.05) is 40.0 Å². The summed E-state index contributed by atoms with van der Waals surface area (Å²) in [5.74, 6) is -0.748. The SMILES string of the molecule is COCCOCCNC(=O)CNC(=O)c1ccc(Cl)cc1Cl. The van der Waals surface area contributed by atoms with Gasteiger partial charge in [0.15, 0.2) is 0 Å². The van der Waals surface area contributed by atoms with Crippen LogP contribution in [0.1, 0.15) is 10.4 Å². The third kappa shape index (κ3) is 7.09. The maximum Gasteiger partial charge on any atom is 0.253 e. The zero-order valence-corrected chi connectivity index (χ0v) is 13.7. The van der Waals surface area contributed by atoms with Crippen LogP contribution in [-0.2, 0) is 14.3 Å². The summed E-state index contributed by atoms with van der Waals surface area (Å²) >= 11 is 11.7. The lowest BCUT2D eigenvalue weighted by Crippen LogP contribution is -2.38. The average Bonchev–Trinajstić information content (AvgIpc) is 2.48. The first-order valence-electron chi connectivity index (χ1n) is 6.61. The Morgan fingerprint density at radius 3 is 2.59 bits per heavy atom. The molecule has 0 unspecified atom stereocenters. The number of benzene rings is 1. The molecule has 122 valence electrons. The molecular weight excluding hydrogens is 331 g/mol. The number of carbonyl (C=O) groups is 2. The van der Waals surface area contributed by atoms with Crippen LogP contribution < -0.4 is 10.6 Å². The van der Waals surface area contributed by atoms with Gasteiger partial charge in [0, 0.05) is 18.7 Å². The van der Waals surface area contributed by atoms with Crippen LogP contribution in [0, 0.1) is 0 Å². The molecule has 0 aliphatic heterocycles. The lowest BCUT2D eigenvalue weighted by Gasteiger charge is -2.08. The summed E-state index contributed by atoms with van der Waals surface area (Å²) in [6.45, 7) is 1.58. The molecule has 0 saturated carbocycles. The quantitative estimate of drug-likeness (QED) is 0.663. The highest BCUT2D eigenvalue weighted by molar-refractivity contribution is 6.36. The van der Waals surface area contributed by atoms with Crippen LogP contribution in [0.2, 0.25) is 10.0 Å². The molecule has 0 fully saturated rings. The summed E-state index contributed by atoms with van der Waals surface area (Å²) in [5, 5.41) is 5.77. The minimum absolute atomic E-state index is 0.143. The second-order valence-corrected chi connectivity index (χ2v) is 5.11. The number of nitrogens with one attached hydrogen (secondary N) is 2. The van der Waals surface area contributed by atoms with Gasteiger partial charge in [0.1, 0.15) is 0 Å². The summed E-state index contributed by atoms with van der Waals surface area (Å²) in [6.07, 6.45) is 0. The summed E-state index contributed by atoms with van der Waals surface area (Å²) < 4.78 is 10.0. The monoisotopic (exact) mass is 348 g/mol. The van der Waals surface area contributed by atoms with E-state index in [1.165, 1.54) is 12.1 Å². The number of methoxy groups -OCH3 is 1. The van der Waals surface area contributed by atoms with E-state index in [1.54, 1.807) is 13.2 Å². The molecule has 0 aromatic heterocycles. The highest BCUT2D eigenvalue weighted by Gasteiger charge is 2.11. The molecule has 2 N–H and O–H groups in total. The summed E-state index contributed by atoms with van der Waals surface area (Å²) in [4.78, 5) is 23.4. The molecule has 0 heterocycles. The third-order valence-electron chi connectivity index (χ3n) is 2.59. The van der Waals surface area contributed by atoms with Gasteiger partial charge < -0.3 is 20.1 Å². The molecule has 2 amide bonds. The van der Waals surface area contributed by atoms with Crippen molar-refractivity contribution in [3.63, 3.8) is 0 Å². The van der Waals surface area contributed by atoms with Crippen LogP contribution in [0.4, 0.5) is 0 Å². The van der Waals surface area contributed by atoms with Crippen molar-refractivity contribution >= 4 is 35.0 Å². The van der Waals surface area contributed by atoms with Crippen LogP contribution in [0.5, 0.6) is 0 Å². The highest BCUT2D eigenvalue weighted by atomic mass is 35.5. The van der Waals surface area contributed by atoms with Crippen LogP contribution in [-0.4, -0.2) is 51.8 Å².